The van der Waals surface area contributed by atoms with E-state index >= 15 is 0 Å². The van der Waals surface area contributed by atoms with Crippen molar-refractivity contribution in [2.45, 2.75) is 19.9 Å². The molecule has 1 aromatic heterocycles. The topological polar surface area (TPSA) is 60.0 Å². The zero-order valence-corrected chi connectivity index (χ0v) is 12.2. The summed E-state index contributed by atoms with van der Waals surface area (Å²) in [4.78, 5) is 2.11. The first-order valence-electron chi connectivity index (χ1n) is 6.99. The lowest BCUT2D eigenvalue weighted by molar-refractivity contribution is 0.364. The molecule has 0 unspecified atom stereocenters. The average molecular weight is 287 g/mol. The lowest BCUT2D eigenvalue weighted by Crippen LogP contribution is -2.25. The molecule has 0 amide bonds. The van der Waals surface area contributed by atoms with Gasteiger partial charge in [-0.1, -0.05) is 6.92 Å². The number of aromatic nitrogens is 3. The number of hydrogen-bond acceptors (Lipinski definition) is 4. The van der Waals surface area contributed by atoms with Gasteiger partial charge >= 0.3 is 0 Å². The molecule has 110 valence electrons. The van der Waals surface area contributed by atoms with Gasteiger partial charge in [0.2, 0.25) is 0 Å². The molecule has 1 aliphatic heterocycles. The van der Waals surface area contributed by atoms with Crippen LogP contribution in [0.2, 0.25) is 0 Å². The summed E-state index contributed by atoms with van der Waals surface area (Å²) in [6.07, 6.45) is 4.51. The van der Waals surface area contributed by atoms with Crippen LogP contribution in [0.25, 0.3) is 17.1 Å². The van der Waals surface area contributed by atoms with Crippen molar-refractivity contribution < 1.29 is 4.39 Å². The molecule has 21 heavy (non-hydrogen) atoms. The standard InChI is InChI=1S/C15H18FN5/c1-3-6-21-7-11-10(13(17)8-21)4-5-12(16)14(11)15-19-18-9-20(15)2/h4-5,8-9H,3,6-7,17H2,1-2H3. The van der Waals surface area contributed by atoms with Crippen molar-refractivity contribution in [1.82, 2.24) is 19.7 Å². The molecule has 0 atom stereocenters. The molecule has 0 fully saturated rings. The fraction of sp³-hybridized carbons (Fsp3) is 0.333. The van der Waals surface area contributed by atoms with Gasteiger partial charge in [-0.05, 0) is 24.1 Å². The molecule has 0 spiro atoms. The van der Waals surface area contributed by atoms with E-state index in [0.29, 0.717) is 23.6 Å². The van der Waals surface area contributed by atoms with Gasteiger partial charge < -0.3 is 15.2 Å². The normalized spacial score (nSPS) is 14.0. The van der Waals surface area contributed by atoms with Crippen molar-refractivity contribution in [2.24, 2.45) is 12.8 Å². The number of hydrogen-bond donors (Lipinski definition) is 1. The van der Waals surface area contributed by atoms with Crippen LogP contribution in [-0.4, -0.2) is 26.2 Å². The molecule has 1 aliphatic rings. The molecule has 5 nitrogen and oxygen atoms in total. The summed E-state index contributed by atoms with van der Waals surface area (Å²) in [5.74, 6) is 0.228. The van der Waals surface area contributed by atoms with Crippen LogP contribution in [0.5, 0.6) is 0 Å². The third-order valence-electron chi connectivity index (χ3n) is 3.70. The first-order chi connectivity index (χ1) is 10.1. The Hall–Kier alpha value is -2.37. The van der Waals surface area contributed by atoms with Crippen LogP contribution in [0.3, 0.4) is 0 Å². The molecule has 0 saturated carbocycles. The minimum Gasteiger partial charge on any atom is -0.397 e. The maximum atomic E-state index is 14.4. The number of nitrogens with zero attached hydrogens (tertiary/aromatic N) is 4. The summed E-state index contributed by atoms with van der Waals surface area (Å²) < 4.78 is 16.1. The Morgan fingerprint density at radius 1 is 1.38 bits per heavy atom. The predicted octanol–water partition coefficient (Wildman–Crippen LogP) is 2.10. The summed E-state index contributed by atoms with van der Waals surface area (Å²) >= 11 is 0. The molecule has 0 saturated heterocycles. The number of halogens is 1. The molecule has 0 radical (unpaired) electrons. The molecular formula is C15H18FN5. The van der Waals surface area contributed by atoms with E-state index in [1.54, 1.807) is 24.0 Å². The highest BCUT2D eigenvalue weighted by molar-refractivity contribution is 5.75. The minimum atomic E-state index is -0.295. The molecule has 3 rings (SSSR count). The molecule has 2 N–H and O–H groups in total. The van der Waals surface area contributed by atoms with E-state index in [-0.39, 0.29) is 5.82 Å². The quantitative estimate of drug-likeness (QED) is 0.939. The van der Waals surface area contributed by atoms with E-state index in [9.17, 15) is 4.39 Å². The van der Waals surface area contributed by atoms with Crippen molar-refractivity contribution in [3.05, 3.63) is 41.6 Å². The van der Waals surface area contributed by atoms with E-state index in [0.717, 1.165) is 24.1 Å². The van der Waals surface area contributed by atoms with Gasteiger partial charge in [-0.15, -0.1) is 10.2 Å². The largest absolute Gasteiger partial charge is 0.397 e. The average Bonchev–Trinajstić information content (AvgIpc) is 2.85. The highest BCUT2D eigenvalue weighted by Gasteiger charge is 2.24. The third kappa shape index (κ3) is 2.26. The van der Waals surface area contributed by atoms with Gasteiger partial charge in [-0.2, -0.15) is 0 Å². The Morgan fingerprint density at radius 3 is 2.86 bits per heavy atom. The molecule has 6 heteroatoms. The zero-order chi connectivity index (χ0) is 15.0. The van der Waals surface area contributed by atoms with Crippen molar-refractivity contribution in [1.29, 1.82) is 0 Å². The summed E-state index contributed by atoms with van der Waals surface area (Å²) in [5.41, 5.74) is 9.03. The second kappa shape index (κ2) is 5.20. The van der Waals surface area contributed by atoms with E-state index in [1.807, 2.05) is 6.20 Å². The highest BCUT2D eigenvalue weighted by Crippen LogP contribution is 2.33. The predicted molar refractivity (Wildman–Crippen MR) is 79.3 cm³/mol. The van der Waals surface area contributed by atoms with Crippen molar-refractivity contribution >= 4 is 5.70 Å². The van der Waals surface area contributed by atoms with Crippen LogP contribution in [0.1, 0.15) is 24.5 Å². The van der Waals surface area contributed by atoms with Gasteiger partial charge in [0.05, 0.1) is 11.3 Å². The first-order valence-corrected chi connectivity index (χ1v) is 6.99. The van der Waals surface area contributed by atoms with Crippen molar-refractivity contribution in [3.63, 3.8) is 0 Å². The fourth-order valence-corrected chi connectivity index (χ4v) is 2.75. The van der Waals surface area contributed by atoms with Crippen molar-refractivity contribution in [2.75, 3.05) is 6.54 Å². The second-order valence-corrected chi connectivity index (χ2v) is 5.27. The molecule has 1 aromatic carbocycles. The van der Waals surface area contributed by atoms with Gasteiger partial charge in [0.15, 0.2) is 5.82 Å². The Kier molecular flexibility index (Phi) is 3.37. The maximum Gasteiger partial charge on any atom is 0.166 e. The number of nitrogens with two attached hydrogens (primary N) is 1. The first kappa shape index (κ1) is 13.6. The van der Waals surface area contributed by atoms with Crippen LogP contribution in [-0.2, 0) is 13.6 Å². The lowest BCUT2D eigenvalue weighted by Gasteiger charge is -2.28. The Morgan fingerprint density at radius 2 is 2.19 bits per heavy atom. The Balaban J connectivity index is 2.18. The van der Waals surface area contributed by atoms with Crippen LogP contribution >= 0.6 is 0 Å². The number of fused-ring (bicyclic) bond motifs is 1. The fourth-order valence-electron chi connectivity index (χ4n) is 2.75. The second-order valence-electron chi connectivity index (χ2n) is 5.27. The van der Waals surface area contributed by atoms with Crippen molar-refractivity contribution in [3.8, 4) is 11.4 Å². The Bertz CT molecular complexity index is 704. The lowest BCUT2D eigenvalue weighted by atomic mass is 9.95. The molecule has 0 aliphatic carbocycles. The molecule has 0 bridgehead atoms. The number of aryl methyl sites for hydroxylation is 1. The number of rotatable bonds is 3. The summed E-state index contributed by atoms with van der Waals surface area (Å²) in [6, 6.07) is 3.18. The summed E-state index contributed by atoms with van der Waals surface area (Å²) in [5, 5.41) is 7.89. The molecular weight excluding hydrogens is 269 g/mol. The van der Waals surface area contributed by atoms with Crippen LogP contribution in [0.15, 0.2) is 24.7 Å². The molecule has 2 aromatic rings. The van der Waals surface area contributed by atoms with Gasteiger partial charge in [0.1, 0.15) is 12.1 Å². The van der Waals surface area contributed by atoms with E-state index < -0.39 is 0 Å². The van der Waals surface area contributed by atoms with Crippen LogP contribution in [0.4, 0.5) is 4.39 Å². The highest BCUT2D eigenvalue weighted by atomic mass is 19.1. The zero-order valence-electron chi connectivity index (χ0n) is 12.2. The van der Waals surface area contributed by atoms with Gasteiger partial charge in [0.25, 0.3) is 0 Å². The smallest absolute Gasteiger partial charge is 0.166 e. The Labute approximate surface area is 122 Å². The minimum absolute atomic E-state index is 0.295. The number of benzene rings is 1. The van der Waals surface area contributed by atoms with Crippen LogP contribution < -0.4 is 5.73 Å². The maximum absolute atomic E-state index is 14.4. The van der Waals surface area contributed by atoms with E-state index in [1.165, 1.54) is 6.07 Å². The third-order valence-corrected chi connectivity index (χ3v) is 3.70. The SMILES string of the molecule is CCCN1C=C(N)c2ccc(F)c(-c3nncn3C)c2C1. The van der Waals surface area contributed by atoms with E-state index in [4.69, 9.17) is 5.73 Å². The molecule has 2 heterocycles. The van der Waals surface area contributed by atoms with E-state index in [2.05, 4.69) is 22.0 Å². The van der Waals surface area contributed by atoms with Gasteiger partial charge in [-0.25, -0.2) is 4.39 Å². The van der Waals surface area contributed by atoms with Gasteiger partial charge in [0, 0.05) is 31.9 Å². The van der Waals surface area contributed by atoms with Gasteiger partial charge in [-0.3, -0.25) is 0 Å². The summed E-state index contributed by atoms with van der Waals surface area (Å²) in [6.45, 7) is 3.62. The van der Waals surface area contributed by atoms with Crippen LogP contribution in [0, 0.1) is 5.82 Å². The summed E-state index contributed by atoms with van der Waals surface area (Å²) in [7, 11) is 1.81. The monoisotopic (exact) mass is 287 g/mol.